The van der Waals surface area contributed by atoms with Crippen molar-refractivity contribution in [2.24, 2.45) is 17.6 Å². The fourth-order valence-electron chi connectivity index (χ4n) is 3.83. The van der Waals surface area contributed by atoms with E-state index < -0.39 is 53.8 Å². The van der Waals surface area contributed by atoms with Crippen molar-refractivity contribution in [3.63, 3.8) is 0 Å². The number of carboxylic acids is 2. The first-order chi connectivity index (χ1) is 15.4. The monoisotopic (exact) mass is 470 g/mol. The minimum atomic E-state index is -1.14. The molecule has 11 nitrogen and oxygen atoms in total. The Morgan fingerprint density at radius 3 is 2.24 bits per heavy atom. The molecule has 3 amide bonds. The Morgan fingerprint density at radius 2 is 1.73 bits per heavy atom. The van der Waals surface area contributed by atoms with Crippen LogP contribution in [0.4, 0.5) is 0 Å². The Hall–Kier alpha value is -2.69. The number of rotatable bonds is 13. The van der Waals surface area contributed by atoms with Gasteiger partial charge in [0.05, 0.1) is 6.04 Å². The van der Waals surface area contributed by atoms with Gasteiger partial charge in [-0.2, -0.15) is 0 Å². The SMILES string of the molecule is CCC(C)C(NC(=O)C(CC(C)C)NC(=O)C1CCCN1C(=O)C(N)CCC(=O)O)C(=O)O. The first kappa shape index (κ1) is 28.3. The van der Waals surface area contributed by atoms with E-state index in [4.69, 9.17) is 10.8 Å². The highest BCUT2D eigenvalue weighted by atomic mass is 16.4. The van der Waals surface area contributed by atoms with Gasteiger partial charge in [-0.15, -0.1) is 0 Å². The smallest absolute Gasteiger partial charge is 0.326 e. The van der Waals surface area contributed by atoms with E-state index in [1.165, 1.54) is 4.90 Å². The van der Waals surface area contributed by atoms with Gasteiger partial charge < -0.3 is 31.5 Å². The predicted octanol–water partition coefficient (Wildman–Crippen LogP) is 0.316. The lowest BCUT2D eigenvalue weighted by Crippen LogP contribution is -2.57. The molecule has 188 valence electrons. The van der Waals surface area contributed by atoms with Gasteiger partial charge in [0.25, 0.3) is 0 Å². The van der Waals surface area contributed by atoms with Crippen LogP contribution in [-0.4, -0.2) is 75.5 Å². The number of carbonyl (C=O) groups is 5. The van der Waals surface area contributed by atoms with Gasteiger partial charge in [-0.1, -0.05) is 34.1 Å². The van der Waals surface area contributed by atoms with Crippen molar-refractivity contribution in [3.8, 4) is 0 Å². The highest BCUT2D eigenvalue weighted by Gasteiger charge is 2.38. The molecule has 1 heterocycles. The lowest BCUT2D eigenvalue weighted by Gasteiger charge is -2.29. The van der Waals surface area contributed by atoms with Crippen LogP contribution in [0.5, 0.6) is 0 Å². The summed E-state index contributed by atoms with van der Waals surface area (Å²) in [6, 6.07) is -3.88. The van der Waals surface area contributed by atoms with Crippen molar-refractivity contribution in [2.75, 3.05) is 6.54 Å². The average molecular weight is 471 g/mol. The summed E-state index contributed by atoms with van der Waals surface area (Å²) in [5.74, 6) is -4.05. The van der Waals surface area contributed by atoms with E-state index in [1.54, 1.807) is 6.92 Å². The molecule has 1 fully saturated rings. The zero-order valence-corrected chi connectivity index (χ0v) is 19.9. The lowest BCUT2D eigenvalue weighted by molar-refractivity contribution is -0.144. The zero-order chi connectivity index (χ0) is 25.3. The van der Waals surface area contributed by atoms with E-state index in [-0.39, 0.29) is 24.7 Å². The Labute approximate surface area is 194 Å². The van der Waals surface area contributed by atoms with Crippen LogP contribution in [0, 0.1) is 11.8 Å². The molecule has 0 aromatic carbocycles. The van der Waals surface area contributed by atoms with Crippen LogP contribution < -0.4 is 16.4 Å². The van der Waals surface area contributed by atoms with Crippen molar-refractivity contribution in [3.05, 3.63) is 0 Å². The van der Waals surface area contributed by atoms with Gasteiger partial charge in [-0.05, 0) is 37.5 Å². The molecule has 0 aromatic rings. The van der Waals surface area contributed by atoms with Gasteiger partial charge in [0.15, 0.2) is 0 Å². The van der Waals surface area contributed by atoms with E-state index in [0.717, 1.165) is 0 Å². The molecule has 0 bridgehead atoms. The van der Waals surface area contributed by atoms with Crippen molar-refractivity contribution in [1.82, 2.24) is 15.5 Å². The molecular weight excluding hydrogens is 432 g/mol. The van der Waals surface area contributed by atoms with Crippen LogP contribution in [0.3, 0.4) is 0 Å². The summed E-state index contributed by atoms with van der Waals surface area (Å²) in [7, 11) is 0. The van der Waals surface area contributed by atoms with Gasteiger partial charge in [0.2, 0.25) is 17.7 Å². The fraction of sp³-hybridized carbons (Fsp3) is 0.773. The molecule has 5 unspecified atom stereocenters. The van der Waals surface area contributed by atoms with Gasteiger partial charge in [-0.3, -0.25) is 19.2 Å². The fourth-order valence-corrected chi connectivity index (χ4v) is 3.83. The standard InChI is InChI=1S/C22H38N4O7/c1-5-13(4)18(22(32)33)25-19(29)15(11-12(2)3)24-20(30)16-7-6-10-26(16)21(31)14(23)8-9-17(27)28/h12-16,18H,5-11,23H2,1-4H3,(H,24,30)(H,25,29)(H,27,28)(H,32,33). The third kappa shape index (κ3) is 8.64. The number of nitrogens with one attached hydrogen (secondary N) is 2. The molecule has 1 aliphatic heterocycles. The summed E-state index contributed by atoms with van der Waals surface area (Å²) < 4.78 is 0. The van der Waals surface area contributed by atoms with Crippen LogP contribution in [0.25, 0.3) is 0 Å². The largest absolute Gasteiger partial charge is 0.481 e. The maximum absolute atomic E-state index is 13.0. The van der Waals surface area contributed by atoms with Gasteiger partial charge in [-0.25, -0.2) is 4.79 Å². The van der Waals surface area contributed by atoms with Gasteiger partial charge in [0, 0.05) is 13.0 Å². The quantitative estimate of drug-likeness (QED) is 0.255. The van der Waals surface area contributed by atoms with Crippen LogP contribution in [0.1, 0.15) is 66.2 Å². The molecule has 1 rings (SSSR count). The second kappa shape index (κ2) is 13.1. The van der Waals surface area contributed by atoms with Crippen molar-refractivity contribution < 1.29 is 34.2 Å². The van der Waals surface area contributed by atoms with Crippen molar-refractivity contribution in [1.29, 1.82) is 0 Å². The molecule has 0 spiro atoms. The normalized spacial score (nSPS) is 19.5. The number of carboxylic acid groups (broad SMARTS) is 2. The third-order valence-electron chi connectivity index (χ3n) is 5.94. The summed E-state index contributed by atoms with van der Waals surface area (Å²) in [5, 5.41) is 23.5. The number of nitrogens with zero attached hydrogens (tertiary/aromatic N) is 1. The predicted molar refractivity (Wildman–Crippen MR) is 120 cm³/mol. The minimum absolute atomic E-state index is 0.0381. The summed E-state index contributed by atoms with van der Waals surface area (Å²) in [6.07, 6.45) is 1.52. The number of carbonyl (C=O) groups excluding carboxylic acids is 3. The third-order valence-corrected chi connectivity index (χ3v) is 5.94. The van der Waals surface area contributed by atoms with E-state index in [9.17, 15) is 29.1 Å². The minimum Gasteiger partial charge on any atom is -0.481 e. The second-order valence-electron chi connectivity index (χ2n) is 9.13. The molecular formula is C22H38N4O7. The van der Waals surface area contributed by atoms with Gasteiger partial charge in [0.1, 0.15) is 18.1 Å². The number of amides is 3. The Balaban J connectivity index is 2.92. The first-order valence-corrected chi connectivity index (χ1v) is 11.5. The highest BCUT2D eigenvalue weighted by molar-refractivity contribution is 5.94. The lowest BCUT2D eigenvalue weighted by atomic mass is 9.97. The molecule has 0 saturated carbocycles. The van der Waals surface area contributed by atoms with Gasteiger partial charge >= 0.3 is 11.9 Å². The molecule has 6 N–H and O–H groups in total. The van der Waals surface area contributed by atoms with Crippen molar-refractivity contribution in [2.45, 2.75) is 90.4 Å². The Bertz CT molecular complexity index is 728. The molecule has 11 heteroatoms. The Morgan fingerprint density at radius 1 is 1.09 bits per heavy atom. The van der Waals surface area contributed by atoms with Crippen molar-refractivity contribution >= 4 is 29.7 Å². The van der Waals surface area contributed by atoms with E-state index in [0.29, 0.717) is 32.2 Å². The molecule has 0 radical (unpaired) electrons. The highest BCUT2D eigenvalue weighted by Crippen LogP contribution is 2.20. The topological polar surface area (TPSA) is 179 Å². The van der Waals surface area contributed by atoms with Crippen LogP contribution in [0.15, 0.2) is 0 Å². The zero-order valence-electron chi connectivity index (χ0n) is 19.9. The van der Waals surface area contributed by atoms with E-state index in [1.807, 2.05) is 20.8 Å². The number of aliphatic carboxylic acids is 2. The molecule has 5 atom stereocenters. The van der Waals surface area contributed by atoms with E-state index >= 15 is 0 Å². The molecule has 0 aromatic heterocycles. The van der Waals surface area contributed by atoms with E-state index in [2.05, 4.69) is 10.6 Å². The number of nitrogens with two attached hydrogens (primary N) is 1. The van der Waals surface area contributed by atoms with Crippen LogP contribution >= 0.6 is 0 Å². The maximum Gasteiger partial charge on any atom is 0.326 e. The number of hydrogen-bond donors (Lipinski definition) is 5. The first-order valence-electron chi connectivity index (χ1n) is 11.5. The molecule has 33 heavy (non-hydrogen) atoms. The summed E-state index contributed by atoms with van der Waals surface area (Å²) in [6.45, 7) is 7.62. The number of hydrogen-bond acceptors (Lipinski definition) is 6. The summed E-state index contributed by atoms with van der Waals surface area (Å²) >= 11 is 0. The number of likely N-dealkylation sites (tertiary alicyclic amines) is 1. The van der Waals surface area contributed by atoms with Crippen LogP contribution in [-0.2, 0) is 24.0 Å². The second-order valence-corrected chi connectivity index (χ2v) is 9.13. The van der Waals surface area contributed by atoms with Crippen LogP contribution in [0.2, 0.25) is 0 Å². The summed E-state index contributed by atoms with van der Waals surface area (Å²) in [4.78, 5) is 62.3. The maximum atomic E-state index is 13.0. The average Bonchev–Trinajstić information content (AvgIpc) is 3.23. The molecule has 1 aliphatic rings. The molecule has 1 saturated heterocycles. The summed E-state index contributed by atoms with van der Waals surface area (Å²) in [5.41, 5.74) is 5.84. The molecule has 0 aliphatic carbocycles. The Kier molecular flexibility index (Phi) is 11.3.